The maximum atomic E-state index is 12.1. The molecule has 0 bridgehead atoms. The van der Waals surface area contributed by atoms with E-state index in [1.54, 1.807) is 12.1 Å². The van der Waals surface area contributed by atoms with E-state index >= 15 is 0 Å². The molecule has 0 atom stereocenters. The molecule has 0 aliphatic carbocycles. The molecule has 0 saturated carbocycles. The van der Waals surface area contributed by atoms with Crippen LogP contribution < -0.4 is 16.6 Å². The van der Waals surface area contributed by atoms with Crippen molar-refractivity contribution in [2.75, 3.05) is 10.7 Å². The second-order valence-electron chi connectivity index (χ2n) is 5.32. The van der Waals surface area contributed by atoms with Crippen LogP contribution in [0.15, 0.2) is 23.7 Å². The van der Waals surface area contributed by atoms with Gasteiger partial charge >= 0.3 is 0 Å². The number of nitrogens with zero attached hydrogens (tertiary/aromatic N) is 2. The van der Waals surface area contributed by atoms with E-state index < -0.39 is 0 Å². The summed E-state index contributed by atoms with van der Waals surface area (Å²) in [6, 6.07) is 3.20. The molecule has 0 fully saturated rings. The summed E-state index contributed by atoms with van der Waals surface area (Å²) in [5.74, 6) is 5.47. The van der Waals surface area contributed by atoms with Crippen LogP contribution in [0.3, 0.4) is 0 Å². The highest BCUT2D eigenvalue weighted by Crippen LogP contribution is 2.26. The van der Waals surface area contributed by atoms with Crippen LogP contribution in [0.1, 0.15) is 36.8 Å². The van der Waals surface area contributed by atoms with Gasteiger partial charge in [0.2, 0.25) is 0 Å². The molecule has 0 aliphatic heterocycles. The second-order valence-corrected chi connectivity index (χ2v) is 6.17. The van der Waals surface area contributed by atoms with Crippen LogP contribution in [0.5, 0.6) is 0 Å². The Morgan fingerprint density at radius 1 is 1.40 bits per heavy atom. The number of hydrogen-bond acceptors (Lipinski definition) is 6. The molecule has 4 N–H and O–H groups in total. The first-order chi connectivity index (χ1) is 9.40. The number of rotatable bonds is 3. The number of nitrogens with one attached hydrogen (secondary N) is 2. The van der Waals surface area contributed by atoms with Gasteiger partial charge in [0.05, 0.1) is 5.69 Å². The van der Waals surface area contributed by atoms with Crippen molar-refractivity contribution in [3.8, 4) is 0 Å². The van der Waals surface area contributed by atoms with Crippen LogP contribution in [-0.2, 0) is 5.41 Å². The van der Waals surface area contributed by atoms with Crippen LogP contribution in [0.25, 0.3) is 0 Å². The maximum Gasteiger partial charge on any atom is 0.257 e. The lowest BCUT2D eigenvalue weighted by atomic mass is 9.93. The Kier molecular flexibility index (Phi) is 4.01. The molecular formula is C13H17N5OS. The molecule has 2 heterocycles. The van der Waals surface area contributed by atoms with Gasteiger partial charge in [-0.05, 0) is 12.1 Å². The van der Waals surface area contributed by atoms with Crippen molar-refractivity contribution < 1.29 is 4.79 Å². The van der Waals surface area contributed by atoms with E-state index in [-0.39, 0.29) is 11.3 Å². The molecule has 2 aromatic heterocycles. The van der Waals surface area contributed by atoms with Crippen LogP contribution in [0, 0.1) is 0 Å². The third kappa shape index (κ3) is 3.31. The summed E-state index contributed by atoms with van der Waals surface area (Å²) in [5.41, 5.74) is 3.80. The zero-order chi connectivity index (χ0) is 14.8. The smallest absolute Gasteiger partial charge is 0.257 e. The fraction of sp³-hybridized carbons (Fsp3) is 0.308. The van der Waals surface area contributed by atoms with Gasteiger partial charge in [-0.2, -0.15) is 0 Å². The van der Waals surface area contributed by atoms with Gasteiger partial charge < -0.3 is 5.43 Å². The fourth-order valence-corrected chi connectivity index (χ4v) is 2.43. The highest BCUT2D eigenvalue weighted by atomic mass is 32.1. The van der Waals surface area contributed by atoms with Gasteiger partial charge in [-0.1, -0.05) is 20.8 Å². The summed E-state index contributed by atoms with van der Waals surface area (Å²) < 4.78 is 0. The first-order valence-corrected chi connectivity index (χ1v) is 6.98. The molecule has 0 aliphatic rings. The van der Waals surface area contributed by atoms with Gasteiger partial charge in [0.15, 0.2) is 5.13 Å². The number of thiazole rings is 1. The number of nitrogens with two attached hydrogens (primary N) is 1. The first kappa shape index (κ1) is 14.4. The highest BCUT2D eigenvalue weighted by molar-refractivity contribution is 7.14. The van der Waals surface area contributed by atoms with Crippen LogP contribution in [0.4, 0.5) is 10.9 Å². The third-order valence-corrected chi connectivity index (χ3v) is 3.42. The summed E-state index contributed by atoms with van der Waals surface area (Å²) >= 11 is 1.41. The van der Waals surface area contributed by atoms with Gasteiger partial charge in [0.25, 0.3) is 5.91 Å². The lowest BCUT2D eigenvalue weighted by Gasteiger charge is -2.14. The lowest BCUT2D eigenvalue weighted by molar-refractivity contribution is 0.102. The zero-order valence-corrected chi connectivity index (χ0v) is 12.4. The average Bonchev–Trinajstić information content (AvgIpc) is 2.87. The summed E-state index contributed by atoms with van der Waals surface area (Å²) in [5, 5.41) is 5.31. The van der Waals surface area contributed by atoms with Crippen LogP contribution in [0.2, 0.25) is 0 Å². The van der Waals surface area contributed by atoms with E-state index in [4.69, 9.17) is 5.84 Å². The fourth-order valence-electron chi connectivity index (χ4n) is 1.50. The van der Waals surface area contributed by atoms with Gasteiger partial charge in [0, 0.05) is 22.6 Å². The molecule has 6 nitrogen and oxygen atoms in total. The molecule has 7 heteroatoms. The summed E-state index contributed by atoms with van der Waals surface area (Å²) in [6.45, 7) is 6.24. The van der Waals surface area contributed by atoms with Crippen LogP contribution >= 0.6 is 11.3 Å². The number of hydrogen-bond donors (Lipinski definition) is 3. The zero-order valence-electron chi connectivity index (χ0n) is 11.6. The molecule has 0 aromatic carbocycles. The number of aromatic nitrogens is 2. The van der Waals surface area contributed by atoms with E-state index in [1.165, 1.54) is 17.5 Å². The molecule has 1 amide bonds. The monoisotopic (exact) mass is 291 g/mol. The lowest BCUT2D eigenvalue weighted by Crippen LogP contribution is -2.15. The number of pyridine rings is 1. The number of carbonyl (C=O) groups excluding carboxylic acids is 1. The minimum Gasteiger partial charge on any atom is -0.308 e. The Balaban J connectivity index is 2.13. The van der Waals surface area contributed by atoms with Gasteiger partial charge in [0.1, 0.15) is 5.82 Å². The Bertz CT molecular complexity index is 617. The minimum atomic E-state index is -0.237. The molecule has 0 radical (unpaired) electrons. The van der Waals surface area contributed by atoms with Gasteiger partial charge in [-0.15, -0.1) is 11.3 Å². The Hall–Kier alpha value is -1.99. The predicted molar refractivity (Wildman–Crippen MR) is 80.8 cm³/mol. The largest absolute Gasteiger partial charge is 0.308 e. The second kappa shape index (κ2) is 5.56. The van der Waals surface area contributed by atoms with Crippen molar-refractivity contribution in [1.82, 2.24) is 9.97 Å². The number of hydrazine groups is 1. The highest BCUT2D eigenvalue weighted by Gasteiger charge is 2.18. The third-order valence-electron chi connectivity index (χ3n) is 2.66. The summed E-state index contributed by atoms with van der Waals surface area (Å²) in [7, 11) is 0. The quantitative estimate of drug-likeness (QED) is 0.596. The van der Waals surface area contributed by atoms with Crippen molar-refractivity contribution in [2.24, 2.45) is 5.84 Å². The predicted octanol–water partition coefficient (Wildman–Crippen LogP) is 2.37. The van der Waals surface area contributed by atoms with E-state index in [2.05, 4.69) is 41.5 Å². The molecule has 0 spiro atoms. The van der Waals surface area contributed by atoms with Gasteiger partial charge in [-0.3, -0.25) is 10.1 Å². The van der Waals surface area contributed by atoms with Crippen molar-refractivity contribution >= 4 is 28.2 Å². The molecular weight excluding hydrogens is 274 g/mol. The number of amides is 1. The number of anilines is 2. The van der Waals surface area contributed by atoms with Crippen molar-refractivity contribution in [2.45, 2.75) is 26.2 Å². The van der Waals surface area contributed by atoms with Crippen LogP contribution in [-0.4, -0.2) is 15.9 Å². The Labute approximate surface area is 121 Å². The van der Waals surface area contributed by atoms with Crippen molar-refractivity contribution in [3.05, 3.63) is 35.0 Å². The maximum absolute atomic E-state index is 12.1. The minimum absolute atomic E-state index is 0.0349. The van der Waals surface area contributed by atoms with E-state index in [0.717, 1.165) is 5.69 Å². The normalized spacial score (nSPS) is 11.2. The van der Waals surface area contributed by atoms with Crippen molar-refractivity contribution in [3.63, 3.8) is 0 Å². The molecule has 2 rings (SSSR count). The topological polar surface area (TPSA) is 92.9 Å². The first-order valence-electron chi connectivity index (χ1n) is 6.10. The standard InChI is InChI=1S/C13H17N5OS/c1-13(2,3)9-7-20-12(16-9)17-11(19)8-4-5-15-10(6-8)18-14/h4-7H,14H2,1-3H3,(H,15,18)(H,16,17,19). The molecule has 2 aromatic rings. The SMILES string of the molecule is CC(C)(C)c1csc(NC(=O)c2ccnc(NN)c2)n1. The number of nitrogen functional groups attached to an aromatic ring is 1. The molecule has 0 unspecified atom stereocenters. The van der Waals surface area contributed by atoms with Crippen molar-refractivity contribution in [1.29, 1.82) is 0 Å². The molecule has 0 saturated heterocycles. The summed E-state index contributed by atoms with van der Waals surface area (Å²) in [6.07, 6.45) is 1.52. The molecule has 20 heavy (non-hydrogen) atoms. The Morgan fingerprint density at radius 2 is 2.15 bits per heavy atom. The van der Waals surface area contributed by atoms with E-state index in [0.29, 0.717) is 16.5 Å². The van der Waals surface area contributed by atoms with E-state index in [1.807, 2.05) is 5.38 Å². The van der Waals surface area contributed by atoms with E-state index in [9.17, 15) is 4.79 Å². The average molecular weight is 291 g/mol. The molecule has 106 valence electrons. The number of carbonyl (C=O) groups is 1. The summed E-state index contributed by atoms with van der Waals surface area (Å²) in [4.78, 5) is 20.5. The van der Waals surface area contributed by atoms with Gasteiger partial charge in [-0.25, -0.2) is 15.8 Å². The Morgan fingerprint density at radius 3 is 2.75 bits per heavy atom.